The number of carbonyl (C=O) groups excluding carboxylic acids is 2. The molecule has 32 heavy (non-hydrogen) atoms. The average molecular weight is 439 g/mol. The Morgan fingerprint density at radius 1 is 1.22 bits per heavy atom. The van der Waals surface area contributed by atoms with Gasteiger partial charge in [-0.25, -0.2) is 4.79 Å². The van der Waals surface area contributed by atoms with E-state index >= 15 is 0 Å². The second-order valence-corrected chi connectivity index (χ2v) is 8.85. The van der Waals surface area contributed by atoms with Crippen LogP contribution in [0.4, 0.5) is 0 Å². The predicted octanol–water partition coefficient (Wildman–Crippen LogP) is 4.56. The maximum Gasteiger partial charge on any atom is 0.333 e. The van der Waals surface area contributed by atoms with E-state index in [4.69, 9.17) is 18.9 Å². The van der Waals surface area contributed by atoms with Crippen molar-refractivity contribution in [1.82, 2.24) is 0 Å². The van der Waals surface area contributed by atoms with E-state index < -0.39 is 11.5 Å². The Labute approximate surface area is 188 Å². The van der Waals surface area contributed by atoms with E-state index in [-0.39, 0.29) is 29.3 Å². The summed E-state index contributed by atoms with van der Waals surface area (Å²) in [5, 5.41) is 0. The molecule has 2 aliphatic carbocycles. The first-order valence-corrected chi connectivity index (χ1v) is 11.0. The number of benzene rings is 1. The number of methoxy groups -OCH3 is 2. The smallest absolute Gasteiger partial charge is 0.333 e. The molecule has 0 saturated carbocycles. The Hall–Kier alpha value is -3.02. The van der Waals surface area contributed by atoms with E-state index in [0.717, 1.165) is 16.7 Å². The lowest BCUT2D eigenvalue weighted by Gasteiger charge is -2.42. The van der Waals surface area contributed by atoms with E-state index in [1.807, 2.05) is 25.1 Å². The summed E-state index contributed by atoms with van der Waals surface area (Å²) in [5.74, 6) is 0.948. The zero-order chi connectivity index (χ0) is 23.2. The van der Waals surface area contributed by atoms with Gasteiger partial charge in [0.1, 0.15) is 23.9 Å². The van der Waals surface area contributed by atoms with Gasteiger partial charge in [-0.1, -0.05) is 32.1 Å². The monoisotopic (exact) mass is 438 g/mol. The van der Waals surface area contributed by atoms with Crippen LogP contribution in [0.15, 0.2) is 53.0 Å². The molecular formula is C26H30O6. The third-order valence-electron chi connectivity index (χ3n) is 7.22. The molecule has 0 radical (unpaired) electrons. The molecule has 1 heterocycles. The van der Waals surface area contributed by atoms with Crippen molar-refractivity contribution in [1.29, 1.82) is 0 Å². The number of allylic oxidation sites excluding steroid dienone is 2. The number of rotatable bonds is 4. The molecule has 1 spiro atoms. The summed E-state index contributed by atoms with van der Waals surface area (Å²) >= 11 is 0. The van der Waals surface area contributed by atoms with Gasteiger partial charge in [0.15, 0.2) is 5.76 Å². The molecule has 0 aromatic heterocycles. The van der Waals surface area contributed by atoms with Gasteiger partial charge in [0.05, 0.1) is 14.2 Å². The van der Waals surface area contributed by atoms with Crippen LogP contribution in [0.2, 0.25) is 0 Å². The van der Waals surface area contributed by atoms with Crippen LogP contribution < -0.4 is 4.74 Å². The number of hydrogen-bond donors (Lipinski definition) is 0. The lowest BCUT2D eigenvalue weighted by molar-refractivity contribution is -0.148. The third kappa shape index (κ3) is 3.07. The summed E-state index contributed by atoms with van der Waals surface area (Å²) in [6.45, 7) is 8.09. The Bertz CT molecular complexity index is 1060. The topological polar surface area (TPSA) is 71.1 Å². The molecule has 0 amide bonds. The Morgan fingerprint density at radius 3 is 2.62 bits per heavy atom. The molecule has 4 atom stereocenters. The normalized spacial score (nSPS) is 29.2. The van der Waals surface area contributed by atoms with Crippen molar-refractivity contribution in [2.45, 2.75) is 45.6 Å². The van der Waals surface area contributed by atoms with E-state index in [0.29, 0.717) is 30.1 Å². The fourth-order valence-corrected chi connectivity index (χ4v) is 5.16. The van der Waals surface area contributed by atoms with Crippen LogP contribution >= 0.6 is 0 Å². The summed E-state index contributed by atoms with van der Waals surface area (Å²) < 4.78 is 23.6. The van der Waals surface area contributed by atoms with E-state index in [1.54, 1.807) is 26.2 Å². The summed E-state index contributed by atoms with van der Waals surface area (Å²) in [6, 6.07) is 5.81. The van der Waals surface area contributed by atoms with Crippen molar-refractivity contribution in [3.05, 3.63) is 64.1 Å². The van der Waals surface area contributed by atoms with Gasteiger partial charge in [-0.3, -0.25) is 4.79 Å². The van der Waals surface area contributed by atoms with Gasteiger partial charge in [-0.2, -0.15) is 0 Å². The molecule has 0 fully saturated rings. The first kappa shape index (κ1) is 22.2. The third-order valence-corrected chi connectivity index (χ3v) is 7.22. The first-order chi connectivity index (χ1) is 15.3. The summed E-state index contributed by atoms with van der Waals surface area (Å²) in [4.78, 5) is 25.7. The zero-order valence-electron chi connectivity index (χ0n) is 19.5. The molecule has 6 nitrogen and oxygen atoms in total. The molecule has 170 valence electrons. The highest BCUT2D eigenvalue weighted by Gasteiger charge is 2.56. The highest BCUT2D eigenvalue weighted by molar-refractivity contribution is 6.05. The summed E-state index contributed by atoms with van der Waals surface area (Å²) in [7, 11) is 3.03. The Kier molecular flexibility index (Phi) is 5.65. The van der Waals surface area contributed by atoms with Crippen LogP contribution in [0, 0.1) is 11.8 Å². The van der Waals surface area contributed by atoms with Gasteiger partial charge in [0.2, 0.25) is 11.5 Å². The zero-order valence-corrected chi connectivity index (χ0v) is 19.5. The molecule has 1 aromatic rings. The molecule has 1 aromatic carbocycles. The molecule has 1 aliphatic heterocycles. The van der Waals surface area contributed by atoms with Crippen molar-refractivity contribution in [3.63, 3.8) is 0 Å². The Morgan fingerprint density at radius 2 is 1.97 bits per heavy atom. The quantitative estimate of drug-likeness (QED) is 0.507. The molecule has 1 unspecified atom stereocenters. The standard InChI is InChI=1S/C26H30O6/c1-7-14(2)25(28)32-22-16(4)15(3)11-17-12-19(27)23(29-5)24(30-6)26(17)13-31-20-10-8-9-18(22)21(20)26/h7-10,12,15-16,22H,11,13H2,1-6H3/b14-7-/t15-,16+,22-,26?/m0/s1. The van der Waals surface area contributed by atoms with Crippen LogP contribution in [0.3, 0.4) is 0 Å². The van der Waals surface area contributed by atoms with Crippen LogP contribution in [0.5, 0.6) is 5.75 Å². The first-order valence-electron chi connectivity index (χ1n) is 11.0. The molecule has 0 saturated heterocycles. The van der Waals surface area contributed by atoms with Gasteiger partial charge in [-0.15, -0.1) is 0 Å². The van der Waals surface area contributed by atoms with Crippen molar-refractivity contribution in [3.8, 4) is 5.75 Å². The van der Waals surface area contributed by atoms with Crippen molar-refractivity contribution >= 4 is 11.8 Å². The van der Waals surface area contributed by atoms with Crippen molar-refractivity contribution < 1.29 is 28.5 Å². The highest BCUT2D eigenvalue weighted by Crippen LogP contribution is 2.58. The number of carbonyl (C=O) groups is 2. The highest BCUT2D eigenvalue weighted by atomic mass is 16.5. The second kappa shape index (κ2) is 8.15. The van der Waals surface area contributed by atoms with Gasteiger partial charge < -0.3 is 18.9 Å². The van der Waals surface area contributed by atoms with Gasteiger partial charge in [-0.05, 0) is 43.9 Å². The molecular weight excluding hydrogens is 408 g/mol. The maximum atomic E-state index is 12.9. The second-order valence-electron chi connectivity index (χ2n) is 8.85. The molecule has 0 N–H and O–H groups in total. The Balaban J connectivity index is 2.00. The minimum absolute atomic E-state index is 0.0171. The van der Waals surface area contributed by atoms with Gasteiger partial charge in [0, 0.05) is 22.6 Å². The number of ether oxygens (including phenoxy) is 4. The van der Waals surface area contributed by atoms with Crippen LogP contribution in [0.1, 0.15) is 51.3 Å². The number of hydrogen-bond acceptors (Lipinski definition) is 6. The van der Waals surface area contributed by atoms with E-state index in [2.05, 4.69) is 13.8 Å². The molecule has 4 rings (SSSR count). The minimum atomic E-state index is -0.797. The number of esters is 1. The van der Waals surface area contributed by atoms with Crippen molar-refractivity contribution in [2.24, 2.45) is 11.8 Å². The van der Waals surface area contributed by atoms with Crippen LogP contribution in [-0.2, 0) is 29.2 Å². The maximum absolute atomic E-state index is 12.9. The molecule has 6 heteroatoms. The lowest BCUT2D eigenvalue weighted by Crippen LogP contribution is -2.42. The molecule has 3 aliphatic rings. The molecule has 0 bridgehead atoms. The summed E-state index contributed by atoms with van der Waals surface area (Å²) in [6.07, 6.45) is 3.61. The van der Waals surface area contributed by atoms with Crippen LogP contribution in [0.25, 0.3) is 0 Å². The lowest BCUT2D eigenvalue weighted by atomic mass is 9.63. The minimum Gasteiger partial charge on any atom is -0.496 e. The number of ketones is 1. The van der Waals surface area contributed by atoms with Crippen molar-refractivity contribution in [2.75, 3.05) is 20.8 Å². The summed E-state index contributed by atoms with van der Waals surface area (Å²) in [5.41, 5.74) is 2.48. The van der Waals surface area contributed by atoms with Crippen LogP contribution in [-0.4, -0.2) is 32.6 Å². The fraction of sp³-hybridized carbons (Fsp3) is 0.462. The SMILES string of the molecule is C/C=C(/C)C(=O)O[C@@H]1c2cccc3c2C2(CO3)C(=CC(=O)C(OC)=C2OC)C[C@H](C)[C@H]1C. The largest absolute Gasteiger partial charge is 0.496 e. The predicted molar refractivity (Wildman–Crippen MR) is 119 cm³/mol. The average Bonchev–Trinajstić information content (AvgIpc) is 3.18. The van der Waals surface area contributed by atoms with E-state index in [9.17, 15) is 9.59 Å². The fourth-order valence-electron chi connectivity index (χ4n) is 5.16. The van der Waals surface area contributed by atoms with Gasteiger partial charge in [0.25, 0.3) is 0 Å². The van der Waals surface area contributed by atoms with Gasteiger partial charge >= 0.3 is 5.97 Å². The van der Waals surface area contributed by atoms with E-state index in [1.165, 1.54) is 7.11 Å².